The summed E-state index contributed by atoms with van der Waals surface area (Å²) in [4.78, 5) is 43.8. The van der Waals surface area contributed by atoms with Crippen LogP contribution in [0.2, 0.25) is 0 Å². The first kappa shape index (κ1) is 35.3. The van der Waals surface area contributed by atoms with E-state index in [0.29, 0.717) is 18.3 Å². The van der Waals surface area contributed by atoms with Gasteiger partial charge in [-0.3, -0.25) is 4.79 Å². The quantitative estimate of drug-likeness (QED) is 0.141. The first-order valence-electron chi connectivity index (χ1n) is 18.4. The number of imidazole rings is 2. The number of methoxy groups -OCH3 is 1. The molecule has 0 radical (unpaired) electrons. The molecule has 2 atom stereocenters. The van der Waals surface area contributed by atoms with E-state index in [4.69, 9.17) is 9.72 Å². The van der Waals surface area contributed by atoms with E-state index >= 15 is 0 Å². The highest BCUT2D eigenvalue weighted by Gasteiger charge is 2.37. The van der Waals surface area contributed by atoms with Crippen LogP contribution >= 0.6 is 0 Å². The maximum Gasteiger partial charge on any atom is 0.407 e. The third-order valence-electron chi connectivity index (χ3n) is 10.3. The SMILES string of the molecule is COC(=O)N[C@H](C(=O)N1CCC[C@H]1c1ncc(-c2ccc(C#CC#Cc3cnc(C4CCCC4)[nH]3)c(-c3ccc(-c4ccccc4)cc3)c2)[nH]1)C(C)C. The van der Waals surface area contributed by atoms with Crippen molar-refractivity contribution in [3.63, 3.8) is 0 Å². The predicted molar refractivity (Wildman–Crippen MR) is 206 cm³/mol. The molecule has 2 aromatic heterocycles. The molecule has 1 aliphatic heterocycles. The van der Waals surface area contributed by atoms with Crippen LogP contribution in [0.25, 0.3) is 33.5 Å². The molecule has 268 valence electrons. The molecule has 7 rings (SSSR count). The average Bonchev–Trinajstić information content (AvgIpc) is 4.03. The molecule has 3 N–H and O–H groups in total. The molecular weight excluding hydrogens is 661 g/mol. The molecule has 5 aromatic rings. The molecule has 9 nitrogen and oxygen atoms in total. The minimum atomic E-state index is -0.694. The van der Waals surface area contributed by atoms with Crippen LogP contribution in [-0.2, 0) is 9.53 Å². The number of nitrogens with zero attached hydrogens (tertiary/aromatic N) is 3. The van der Waals surface area contributed by atoms with Gasteiger partial charge in [0.2, 0.25) is 5.91 Å². The van der Waals surface area contributed by atoms with Crippen LogP contribution < -0.4 is 5.32 Å². The number of H-pyrrole nitrogens is 2. The van der Waals surface area contributed by atoms with Crippen molar-refractivity contribution in [1.82, 2.24) is 30.2 Å². The monoisotopic (exact) mass is 704 g/mol. The molecule has 0 unspecified atom stereocenters. The number of hydrogen-bond acceptors (Lipinski definition) is 5. The van der Waals surface area contributed by atoms with Gasteiger partial charge in [-0.15, -0.1) is 0 Å². The number of hydrogen-bond donors (Lipinski definition) is 3. The van der Waals surface area contributed by atoms with Crippen molar-refractivity contribution in [3.05, 3.63) is 108 Å². The normalized spacial score (nSPS) is 16.1. The zero-order chi connectivity index (χ0) is 36.7. The molecule has 1 saturated carbocycles. The smallest absolute Gasteiger partial charge is 0.407 e. The summed E-state index contributed by atoms with van der Waals surface area (Å²) in [6.07, 6.45) is 9.49. The summed E-state index contributed by atoms with van der Waals surface area (Å²) in [7, 11) is 1.30. The van der Waals surface area contributed by atoms with Crippen molar-refractivity contribution >= 4 is 12.0 Å². The minimum absolute atomic E-state index is 0.109. The van der Waals surface area contributed by atoms with Gasteiger partial charge in [-0.25, -0.2) is 14.8 Å². The number of benzene rings is 3. The third kappa shape index (κ3) is 8.05. The number of carbonyl (C=O) groups excluding carboxylic acids is 2. The number of nitrogens with one attached hydrogen (secondary N) is 3. The number of aromatic nitrogens is 4. The highest BCUT2D eigenvalue weighted by molar-refractivity contribution is 5.86. The fraction of sp³-hybridized carbons (Fsp3) is 0.318. The van der Waals surface area contributed by atoms with E-state index in [1.54, 1.807) is 6.20 Å². The third-order valence-corrected chi connectivity index (χ3v) is 10.3. The van der Waals surface area contributed by atoms with Crippen LogP contribution in [0, 0.1) is 29.6 Å². The number of likely N-dealkylation sites (tertiary alicyclic amines) is 1. The van der Waals surface area contributed by atoms with Gasteiger partial charge in [-0.2, -0.15) is 0 Å². The Morgan fingerprint density at radius 1 is 0.811 bits per heavy atom. The zero-order valence-electron chi connectivity index (χ0n) is 30.4. The van der Waals surface area contributed by atoms with E-state index < -0.39 is 12.1 Å². The van der Waals surface area contributed by atoms with E-state index in [9.17, 15) is 9.59 Å². The van der Waals surface area contributed by atoms with E-state index in [2.05, 4.69) is 86.4 Å². The number of ether oxygens (including phenoxy) is 1. The van der Waals surface area contributed by atoms with Gasteiger partial charge in [0.25, 0.3) is 0 Å². The van der Waals surface area contributed by atoms with Gasteiger partial charge in [-0.05, 0) is 83.7 Å². The molecule has 1 saturated heterocycles. The molecule has 3 heterocycles. The molecule has 1 aliphatic carbocycles. The van der Waals surface area contributed by atoms with E-state index in [1.807, 2.05) is 55.3 Å². The molecule has 53 heavy (non-hydrogen) atoms. The largest absolute Gasteiger partial charge is 0.453 e. The Hall–Kier alpha value is -6.06. The van der Waals surface area contributed by atoms with Crippen LogP contribution in [0.1, 0.15) is 87.2 Å². The Morgan fingerprint density at radius 3 is 2.26 bits per heavy atom. The number of alkyl carbamates (subject to hydrolysis) is 1. The Labute approximate surface area is 311 Å². The molecule has 0 bridgehead atoms. The average molecular weight is 705 g/mol. The molecule has 3 aromatic carbocycles. The van der Waals surface area contributed by atoms with Crippen molar-refractivity contribution < 1.29 is 14.3 Å². The first-order chi connectivity index (χ1) is 25.9. The lowest BCUT2D eigenvalue weighted by Gasteiger charge is -2.30. The van der Waals surface area contributed by atoms with Crippen LogP contribution in [0.4, 0.5) is 4.79 Å². The Kier molecular flexibility index (Phi) is 10.7. The van der Waals surface area contributed by atoms with E-state index in [0.717, 1.165) is 63.4 Å². The number of aromatic amines is 2. The Balaban J connectivity index is 1.17. The summed E-state index contributed by atoms with van der Waals surface area (Å²) in [5, 5.41) is 2.72. The van der Waals surface area contributed by atoms with Crippen molar-refractivity contribution in [2.24, 2.45) is 5.92 Å². The molecule has 2 aliphatic rings. The molecule has 9 heteroatoms. The summed E-state index contributed by atoms with van der Waals surface area (Å²) in [6, 6.07) is 24.1. The molecule has 2 fully saturated rings. The minimum Gasteiger partial charge on any atom is -0.453 e. The number of rotatable bonds is 8. The van der Waals surface area contributed by atoms with Crippen molar-refractivity contribution in [1.29, 1.82) is 0 Å². The Bertz CT molecular complexity index is 2190. The van der Waals surface area contributed by atoms with E-state index in [-0.39, 0.29) is 17.9 Å². The van der Waals surface area contributed by atoms with Gasteiger partial charge < -0.3 is 24.9 Å². The summed E-state index contributed by atoms with van der Waals surface area (Å²) in [5.41, 5.74) is 7.72. The van der Waals surface area contributed by atoms with Crippen LogP contribution in [0.3, 0.4) is 0 Å². The summed E-state index contributed by atoms with van der Waals surface area (Å²) in [6.45, 7) is 4.41. The highest BCUT2D eigenvalue weighted by atomic mass is 16.5. The van der Waals surface area contributed by atoms with Gasteiger partial charge in [0, 0.05) is 23.6 Å². The second-order valence-electron chi connectivity index (χ2n) is 14.1. The van der Waals surface area contributed by atoms with Crippen molar-refractivity contribution in [2.75, 3.05) is 13.7 Å². The summed E-state index contributed by atoms with van der Waals surface area (Å²) in [5.74, 6) is 14.5. The first-order valence-corrected chi connectivity index (χ1v) is 18.4. The van der Waals surface area contributed by atoms with Gasteiger partial charge >= 0.3 is 6.09 Å². The highest BCUT2D eigenvalue weighted by Crippen LogP contribution is 2.35. The zero-order valence-corrected chi connectivity index (χ0v) is 30.4. The predicted octanol–water partition coefficient (Wildman–Crippen LogP) is 8.24. The molecule has 2 amide bonds. The van der Waals surface area contributed by atoms with Crippen LogP contribution in [-0.4, -0.2) is 56.5 Å². The standard InChI is InChI=1S/C44H44N6O3/c1-29(2)40(49-44(52)53-3)43(51)50-25-11-18-39(50)42-46-28-38(48-42)35-24-23-32(14-9-10-17-36-27-45-41(47-36)34-15-7-8-16-34)37(26-35)33-21-19-31(20-22-33)30-12-5-4-6-13-30/h4-6,12-13,19-24,26-29,34,39-40H,7-8,11,15-16,18,25H2,1-3H3,(H,45,47)(H,46,48)(H,49,52)/t39-,40-/m0/s1. The second-order valence-corrected chi connectivity index (χ2v) is 14.1. The fourth-order valence-corrected chi connectivity index (χ4v) is 7.38. The summed E-state index contributed by atoms with van der Waals surface area (Å²) >= 11 is 0. The van der Waals surface area contributed by atoms with Gasteiger partial charge in [0.05, 0.1) is 31.2 Å². The molecule has 0 spiro atoms. The van der Waals surface area contributed by atoms with Crippen molar-refractivity contribution in [2.45, 2.75) is 70.4 Å². The van der Waals surface area contributed by atoms with Gasteiger partial charge in [0.1, 0.15) is 23.4 Å². The topological polar surface area (TPSA) is 116 Å². The van der Waals surface area contributed by atoms with E-state index in [1.165, 1.54) is 32.8 Å². The maximum atomic E-state index is 13.7. The number of amides is 2. The lowest BCUT2D eigenvalue weighted by molar-refractivity contribution is -0.135. The maximum absolute atomic E-state index is 13.7. The Morgan fingerprint density at radius 2 is 1.51 bits per heavy atom. The lowest BCUT2D eigenvalue weighted by atomic mass is 9.95. The van der Waals surface area contributed by atoms with Crippen LogP contribution in [0.5, 0.6) is 0 Å². The summed E-state index contributed by atoms with van der Waals surface area (Å²) < 4.78 is 4.79. The van der Waals surface area contributed by atoms with Crippen molar-refractivity contribution in [3.8, 4) is 57.2 Å². The molecular formula is C44H44N6O3. The lowest BCUT2D eigenvalue weighted by Crippen LogP contribution is -2.51. The van der Waals surface area contributed by atoms with Crippen LogP contribution in [0.15, 0.2) is 85.2 Å². The fourth-order valence-electron chi connectivity index (χ4n) is 7.38. The number of carbonyl (C=O) groups is 2. The second kappa shape index (κ2) is 16.1. The van der Waals surface area contributed by atoms with Gasteiger partial charge in [-0.1, -0.05) is 93.3 Å². The van der Waals surface area contributed by atoms with Gasteiger partial charge in [0.15, 0.2) is 0 Å².